The number of piperazine rings is 1. The average Bonchev–Trinajstić information content (AvgIpc) is 2.98. The van der Waals surface area contributed by atoms with Crippen molar-refractivity contribution in [2.45, 2.75) is 45.5 Å². The fourth-order valence-corrected chi connectivity index (χ4v) is 5.49. The first kappa shape index (κ1) is 34.7. The number of carbonyl (C=O) groups excluding carboxylic acids is 2. The Morgan fingerprint density at radius 3 is 1.98 bits per heavy atom. The third-order valence-electron chi connectivity index (χ3n) is 8.54. The molecule has 2 aromatic carbocycles. The predicted octanol–water partition coefficient (Wildman–Crippen LogP) is 6.82. The third kappa shape index (κ3) is 7.46. The topological polar surface area (TPSA) is 62.7 Å². The second-order valence-corrected chi connectivity index (χ2v) is 12.5. The first-order valence-corrected chi connectivity index (χ1v) is 14.6. The van der Waals surface area contributed by atoms with E-state index in [1.807, 2.05) is 44.3 Å². The van der Waals surface area contributed by atoms with Gasteiger partial charge in [-0.15, -0.1) is 0 Å². The zero-order valence-corrected chi connectivity index (χ0v) is 26.5. The van der Waals surface area contributed by atoms with E-state index in [2.05, 4.69) is 9.88 Å². The lowest BCUT2D eigenvalue weighted by molar-refractivity contribution is -0.926. The molecule has 0 spiro atoms. The Balaban J connectivity index is 1.73. The monoisotopic (exact) mass is 651 g/mol. The van der Waals surface area contributed by atoms with E-state index in [1.165, 1.54) is 38.9 Å². The van der Waals surface area contributed by atoms with Crippen molar-refractivity contribution in [2.75, 3.05) is 56.8 Å². The largest absolute Gasteiger partial charge is 0.416 e. The van der Waals surface area contributed by atoms with Crippen LogP contribution in [0.5, 0.6) is 0 Å². The molecule has 0 bridgehead atoms. The van der Waals surface area contributed by atoms with Gasteiger partial charge in [0.15, 0.2) is 0 Å². The molecule has 0 N–H and O–H groups in total. The van der Waals surface area contributed by atoms with Gasteiger partial charge in [-0.05, 0) is 61.7 Å². The summed E-state index contributed by atoms with van der Waals surface area (Å²) in [6.45, 7) is 8.69. The molecule has 1 aliphatic heterocycles. The van der Waals surface area contributed by atoms with Crippen molar-refractivity contribution in [3.8, 4) is 11.1 Å². The van der Waals surface area contributed by atoms with Gasteiger partial charge in [0.1, 0.15) is 5.82 Å². The SMILES string of the molecule is CC(=O)OC[N+]1(C)CCN(c2cc(-c3ccccc3C)c(N(C)C(=O)C(C)(C)c3cc(C(F)(F)F)cc(C(F)(F)F)c3)cn2)CC1. The van der Waals surface area contributed by atoms with Crippen LogP contribution in [0.25, 0.3) is 11.1 Å². The van der Waals surface area contributed by atoms with Crippen LogP contribution in [-0.2, 0) is 32.1 Å². The lowest BCUT2D eigenvalue weighted by Crippen LogP contribution is -2.58. The number of anilines is 2. The van der Waals surface area contributed by atoms with Crippen LogP contribution < -0.4 is 9.80 Å². The Bertz CT molecular complexity index is 1580. The van der Waals surface area contributed by atoms with Crippen molar-refractivity contribution in [3.63, 3.8) is 0 Å². The molecule has 0 unspecified atom stereocenters. The predicted molar refractivity (Wildman–Crippen MR) is 162 cm³/mol. The molecule has 1 saturated heterocycles. The number of rotatable bonds is 7. The Hall–Kier alpha value is -4.13. The highest BCUT2D eigenvalue weighted by Crippen LogP contribution is 2.41. The Kier molecular flexibility index (Phi) is 9.50. The van der Waals surface area contributed by atoms with Gasteiger partial charge in [-0.2, -0.15) is 26.3 Å². The molecule has 3 aromatic rings. The highest BCUT2D eigenvalue weighted by molar-refractivity contribution is 6.03. The van der Waals surface area contributed by atoms with E-state index >= 15 is 0 Å². The van der Waals surface area contributed by atoms with Crippen molar-refractivity contribution >= 4 is 23.4 Å². The average molecular weight is 652 g/mol. The summed E-state index contributed by atoms with van der Waals surface area (Å²) in [5.41, 5.74) is -2.55. The molecule has 4 rings (SSSR count). The molecule has 0 saturated carbocycles. The summed E-state index contributed by atoms with van der Waals surface area (Å²) in [6, 6.07) is 10.5. The molecule has 0 radical (unpaired) electrons. The molecule has 13 heteroatoms. The molecule has 7 nitrogen and oxygen atoms in total. The summed E-state index contributed by atoms with van der Waals surface area (Å²) in [5.74, 6) is -0.438. The van der Waals surface area contributed by atoms with Gasteiger partial charge < -0.3 is 14.5 Å². The lowest BCUT2D eigenvalue weighted by atomic mass is 9.81. The van der Waals surface area contributed by atoms with E-state index in [1.54, 1.807) is 0 Å². The summed E-state index contributed by atoms with van der Waals surface area (Å²) in [6.07, 6.45) is -8.60. The van der Waals surface area contributed by atoms with Crippen molar-refractivity contribution < 1.29 is 45.2 Å². The maximum Gasteiger partial charge on any atom is 0.416 e. The van der Waals surface area contributed by atoms with Crippen LogP contribution in [0.15, 0.2) is 54.7 Å². The zero-order chi connectivity index (χ0) is 34.2. The molecule has 1 aliphatic rings. The lowest BCUT2D eigenvalue weighted by Gasteiger charge is -2.41. The van der Waals surface area contributed by atoms with Crippen LogP contribution >= 0.6 is 0 Å². The van der Waals surface area contributed by atoms with Crippen LogP contribution in [0, 0.1) is 6.92 Å². The van der Waals surface area contributed by atoms with Gasteiger partial charge in [0.2, 0.25) is 12.6 Å². The second-order valence-electron chi connectivity index (χ2n) is 12.5. The summed E-state index contributed by atoms with van der Waals surface area (Å²) in [7, 11) is 3.43. The van der Waals surface area contributed by atoms with Gasteiger partial charge in [0.05, 0.1) is 61.7 Å². The number of esters is 1. The Labute approximate surface area is 264 Å². The highest BCUT2D eigenvalue weighted by Gasteiger charge is 2.41. The van der Waals surface area contributed by atoms with E-state index in [0.29, 0.717) is 59.9 Å². The molecule has 2 heterocycles. The fraction of sp³-hybridized carbons (Fsp3) is 0.424. The van der Waals surface area contributed by atoms with E-state index < -0.39 is 40.4 Å². The number of nitrogens with zero attached hydrogens (tertiary/aromatic N) is 4. The number of hydrogen-bond acceptors (Lipinski definition) is 5. The van der Waals surface area contributed by atoms with Crippen LogP contribution in [0.4, 0.5) is 37.8 Å². The van der Waals surface area contributed by atoms with Crippen LogP contribution in [-0.4, -0.2) is 68.3 Å². The van der Waals surface area contributed by atoms with Crippen molar-refractivity contribution in [2.24, 2.45) is 0 Å². The standard InChI is InChI=1S/C33H37F6N4O3/c1-21-9-7-8-10-26(21)27-18-29(42-11-13-43(6,14-12-42)20-46-22(2)44)40-19-28(27)41(5)30(45)31(3,4)23-15-24(32(34,35)36)17-25(16-23)33(37,38)39/h7-10,15-19H,11-14,20H2,1-6H3/q+1. The van der Waals surface area contributed by atoms with Crippen molar-refractivity contribution in [3.05, 3.63) is 77.0 Å². The minimum Gasteiger partial charge on any atom is -0.415 e. The molecule has 1 fully saturated rings. The third-order valence-corrected chi connectivity index (χ3v) is 8.54. The fourth-order valence-electron chi connectivity index (χ4n) is 5.49. The summed E-state index contributed by atoms with van der Waals surface area (Å²) >= 11 is 0. The van der Waals surface area contributed by atoms with E-state index in [4.69, 9.17) is 4.74 Å². The second kappa shape index (κ2) is 12.6. The van der Waals surface area contributed by atoms with Gasteiger partial charge >= 0.3 is 18.3 Å². The number of carbonyl (C=O) groups is 2. The summed E-state index contributed by atoms with van der Waals surface area (Å²) in [5, 5.41) is 0. The van der Waals surface area contributed by atoms with Gasteiger partial charge in [0.25, 0.3) is 0 Å². The number of ether oxygens (including phenoxy) is 1. The number of aryl methyl sites for hydroxylation is 1. The Morgan fingerprint density at radius 2 is 1.46 bits per heavy atom. The van der Waals surface area contributed by atoms with Crippen molar-refractivity contribution in [1.29, 1.82) is 0 Å². The molecular weight excluding hydrogens is 614 g/mol. The zero-order valence-electron chi connectivity index (χ0n) is 26.5. The number of hydrogen-bond donors (Lipinski definition) is 0. The van der Waals surface area contributed by atoms with Crippen LogP contribution in [0.1, 0.15) is 43.0 Å². The maximum absolute atomic E-state index is 14.0. The molecule has 1 aromatic heterocycles. The van der Waals surface area contributed by atoms with E-state index in [-0.39, 0.29) is 18.8 Å². The van der Waals surface area contributed by atoms with Crippen LogP contribution in [0.2, 0.25) is 0 Å². The molecule has 1 amide bonds. The van der Waals surface area contributed by atoms with Gasteiger partial charge in [-0.25, -0.2) is 4.98 Å². The van der Waals surface area contributed by atoms with E-state index in [9.17, 15) is 35.9 Å². The minimum atomic E-state index is -5.05. The van der Waals surface area contributed by atoms with E-state index in [0.717, 1.165) is 11.1 Å². The summed E-state index contributed by atoms with van der Waals surface area (Å²) < 4.78 is 87.6. The van der Waals surface area contributed by atoms with Gasteiger partial charge in [-0.1, -0.05) is 24.3 Å². The van der Waals surface area contributed by atoms with Crippen LogP contribution in [0.3, 0.4) is 0 Å². The number of aromatic nitrogens is 1. The summed E-state index contributed by atoms with van der Waals surface area (Å²) in [4.78, 5) is 33.3. The first-order valence-electron chi connectivity index (χ1n) is 14.6. The molecule has 46 heavy (non-hydrogen) atoms. The smallest absolute Gasteiger partial charge is 0.415 e. The Morgan fingerprint density at radius 1 is 0.913 bits per heavy atom. The maximum atomic E-state index is 14.0. The highest BCUT2D eigenvalue weighted by atomic mass is 19.4. The number of quaternary nitrogens is 1. The van der Waals surface area contributed by atoms with Crippen molar-refractivity contribution in [1.82, 2.24) is 4.98 Å². The number of alkyl halides is 6. The number of benzene rings is 2. The normalized spacial score (nSPS) is 15.4. The number of pyridine rings is 1. The number of likely N-dealkylation sites (N-methyl/N-ethyl adjacent to an activating group) is 2. The molecular formula is C33H37F6N4O3+. The number of amides is 1. The minimum absolute atomic E-state index is 0.0467. The molecule has 0 aliphatic carbocycles. The molecule has 248 valence electrons. The first-order chi connectivity index (χ1) is 21.2. The van der Waals surface area contributed by atoms with Gasteiger partial charge in [0, 0.05) is 19.5 Å². The number of halogens is 6. The van der Waals surface area contributed by atoms with Gasteiger partial charge in [-0.3, -0.25) is 14.1 Å². The quantitative estimate of drug-likeness (QED) is 0.159. The molecule has 0 atom stereocenters.